The van der Waals surface area contributed by atoms with Crippen LogP contribution in [-0.2, 0) is 0 Å². The second-order valence-electron chi connectivity index (χ2n) is 4.19. The lowest BCUT2D eigenvalue weighted by Gasteiger charge is -2.12. The zero-order valence-electron chi connectivity index (χ0n) is 11.0. The Labute approximate surface area is 124 Å². The molecule has 0 spiro atoms. The molecule has 0 aliphatic rings. The van der Waals surface area contributed by atoms with Crippen LogP contribution >= 0.6 is 0 Å². The molecule has 0 fully saturated rings. The molecule has 7 heteroatoms. The van der Waals surface area contributed by atoms with Crippen molar-refractivity contribution in [3.05, 3.63) is 59.2 Å². The molecule has 0 radical (unpaired) electrons. The van der Waals surface area contributed by atoms with Crippen molar-refractivity contribution in [2.75, 3.05) is 0 Å². The van der Waals surface area contributed by atoms with Crippen molar-refractivity contribution in [1.82, 2.24) is 0 Å². The highest BCUT2D eigenvalue weighted by atomic mass is 16.5. The lowest BCUT2D eigenvalue weighted by atomic mass is 10.1. The van der Waals surface area contributed by atoms with Crippen molar-refractivity contribution >= 4 is 17.9 Å². The molecular formula is C15H10O7. The molecule has 2 aromatic rings. The van der Waals surface area contributed by atoms with Crippen LogP contribution in [0.4, 0.5) is 0 Å². The maximum Gasteiger partial charge on any atom is 0.340 e. The first-order valence-electron chi connectivity index (χ1n) is 6.01. The molecule has 112 valence electrons. The Morgan fingerprint density at radius 1 is 0.682 bits per heavy atom. The van der Waals surface area contributed by atoms with E-state index in [1.165, 1.54) is 36.4 Å². The number of carbonyl (C=O) groups is 3. The van der Waals surface area contributed by atoms with Gasteiger partial charge in [-0.1, -0.05) is 18.2 Å². The number of hydrogen-bond donors (Lipinski definition) is 3. The zero-order chi connectivity index (χ0) is 16.3. The molecule has 0 amide bonds. The van der Waals surface area contributed by atoms with Crippen molar-refractivity contribution < 1.29 is 34.4 Å². The van der Waals surface area contributed by atoms with E-state index in [2.05, 4.69) is 0 Å². The molecule has 2 rings (SSSR count). The van der Waals surface area contributed by atoms with Crippen molar-refractivity contribution in [3.63, 3.8) is 0 Å². The lowest BCUT2D eigenvalue weighted by molar-refractivity contribution is 0.0648. The molecule has 2 aromatic carbocycles. The highest BCUT2D eigenvalue weighted by Crippen LogP contribution is 2.30. The smallest absolute Gasteiger partial charge is 0.340 e. The van der Waals surface area contributed by atoms with Gasteiger partial charge in [0.05, 0.1) is 5.56 Å². The first kappa shape index (κ1) is 15.0. The number of rotatable bonds is 5. The second-order valence-corrected chi connectivity index (χ2v) is 4.19. The SMILES string of the molecule is O=C(O)c1ccccc1Oc1cccc(C(=O)O)c1C(=O)O. The summed E-state index contributed by atoms with van der Waals surface area (Å²) in [5, 5.41) is 27.3. The monoisotopic (exact) mass is 302 g/mol. The quantitative estimate of drug-likeness (QED) is 0.776. The van der Waals surface area contributed by atoms with Crippen LogP contribution in [-0.4, -0.2) is 33.2 Å². The van der Waals surface area contributed by atoms with E-state index >= 15 is 0 Å². The number of benzene rings is 2. The van der Waals surface area contributed by atoms with Gasteiger partial charge in [-0.05, 0) is 24.3 Å². The molecule has 3 N–H and O–H groups in total. The number of carboxylic acid groups (broad SMARTS) is 3. The number of ether oxygens (including phenoxy) is 1. The van der Waals surface area contributed by atoms with Crippen LogP contribution in [0.15, 0.2) is 42.5 Å². The zero-order valence-corrected chi connectivity index (χ0v) is 11.0. The van der Waals surface area contributed by atoms with E-state index < -0.39 is 29.0 Å². The summed E-state index contributed by atoms with van der Waals surface area (Å²) >= 11 is 0. The number of aromatic carboxylic acids is 3. The maximum absolute atomic E-state index is 11.3. The summed E-state index contributed by atoms with van der Waals surface area (Å²) in [5.74, 6) is -4.49. The second kappa shape index (κ2) is 5.96. The Balaban J connectivity index is 2.56. The molecule has 0 heterocycles. The third-order valence-electron chi connectivity index (χ3n) is 2.81. The van der Waals surface area contributed by atoms with Crippen LogP contribution in [0.3, 0.4) is 0 Å². The van der Waals surface area contributed by atoms with Crippen LogP contribution in [0.25, 0.3) is 0 Å². The van der Waals surface area contributed by atoms with Gasteiger partial charge in [-0.2, -0.15) is 0 Å². The largest absolute Gasteiger partial charge is 0.478 e. The van der Waals surface area contributed by atoms with Crippen molar-refractivity contribution in [1.29, 1.82) is 0 Å². The van der Waals surface area contributed by atoms with E-state index in [1.54, 1.807) is 0 Å². The molecule has 0 bridgehead atoms. The number of hydrogen-bond acceptors (Lipinski definition) is 4. The highest BCUT2D eigenvalue weighted by Gasteiger charge is 2.22. The summed E-state index contributed by atoms with van der Waals surface area (Å²) < 4.78 is 5.33. The van der Waals surface area contributed by atoms with Crippen molar-refractivity contribution in [3.8, 4) is 11.5 Å². The predicted octanol–water partition coefficient (Wildman–Crippen LogP) is 2.57. The fourth-order valence-electron chi connectivity index (χ4n) is 1.87. The van der Waals surface area contributed by atoms with Gasteiger partial charge in [-0.25, -0.2) is 14.4 Å². The fraction of sp³-hybridized carbons (Fsp3) is 0. The topological polar surface area (TPSA) is 121 Å². The van der Waals surface area contributed by atoms with E-state index in [0.717, 1.165) is 6.07 Å². The van der Waals surface area contributed by atoms with E-state index in [1.807, 2.05) is 0 Å². The van der Waals surface area contributed by atoms with Crippen LogP contribution in [0.5, 0.6) is 11.5 Å². The molecule has 0 atom stereocenters. The van der Waals surface area contributed by atoms with E-state index in [9.17, 15) is 19.5 Å². The Morgan fingerprint density at radius 3 is 1.82 bits per heavy atom. The summed E-state index contributed by atoms with van der Waals surface area (Å²) in [6, 6.07) is 9.35. The first-order chi connectivity index (χ1) is 10.4. The molecule has 0 aliphatic heterocycles. The molecular weight excluding hydrogens is 292 g/mol. The molecule has 0 aliphatic carbocycles. The summed E-state index contributed by atoms with van der Waals surface area (Å²) in [7, 11) is 0. The van der Waals surface area contributed by atoms with Gasteiger partial charge in [-0.15, -0.1) is 0 Å². The number of para-hydroxylation sites is 1. The van der Waals surface area contributed by atoms with Gasteiger partial charge in [0, 0.05) is 0 Å². The minimum Gasteiger partial charge on any atom is -0.478 e. The molecule has 0 saturated carbocycles. The molecule has 7 nitrogen and oxygen atoms in total. The lowest BCUT2D eigenvalue weighted by Crippen LogP contribution is -2.10. The Bertz CT molecular complexity index is 764. The third kappa shape index (κ3) is 2.88. The van der Waals surface area contributed by atoms with Gasteiger partial charge in [0.1, 0.15) is 22.6 Å². The maximum atomic E-state index is 11.3. The number of carboxylic acids is 3. The standard InChI is InChI=1S/C15H10O7/c16-13(17)8-4-1-2-6-10(8)22-11-7-3-5-9(14(18)19)12(11)15(20)21/h1-7H,(H,16,17)(H,18,19)(H,20,21). The minimum absolute atomic E-state index is 0.0833. The van der Waals surface area contributed by atoms with Gasteiger partial charge < -0.3 is 20.1 Å². The predicted molar refractivity (Wildman–Crippen MR) is 73.8 cm³/mol. The first-order valence-corrected chi connectivity index (χ1v) is 6.01. The molecule has 0 saturated heterocycles. The third-order valence-corrected chi connectivity index (χ3v) is 2.81. The Hall–Kier alpha value is -3.35. The normalized spacial score (nSPS) is 10.0. The molecule has 0 unspecified atom stereocenters. The van der Waals surface area contributed by atoms with Crippen LogP contribution in [0.1, 0.15) is 31.1 Å². The summed E-state index contributed by atoms with van der Waals surface area (Å²) in [6.45, 7) is 0. The Morgan fingerprint density at radius 2 is 1.23 bits per heavy atom. The van der Waals surface area contributed by atoms with Crippen molar-refractivity contribution in [2.24, 2.45) is 0 Å². The van der Waals surface area contributed by atoms with Gasteiger partial charge >= 0.3 is 17.9 Å². The summed E-state index contributed by atoms with van der Waals surface area (Å²) in [4.78, 5) is 33.5. The van der Waals surface area contributed by atoms with Gasteiger partial charge in [0.15, 0.2) is 0 Å². The fourth-order valence-corrected chi connectivity index (χ4v) is 1.87. The molecule has 22 heavy (non-hydrogen) atoms. The van der Waals surface area contributed by atoms with Crippen molar-refractivity contribution in [2.45, 2.75) is 0 Å². The summed E-state index contributed by atoms with van der Waals surface area (Å²) in [5.41, 5.74) is -1.16. The molecule has 0 aromatic heterocycles. The van der Waals surface area contributed by atoms with E-state index in [0.29, 0.717) is 0 Å². The average molecular weight is 302 g/mol. The van der Waals surface area contributed by atoms with Gasteiger partial charge in [0.25, 0.3) is 0 Å². The van der Waals surface area contributed by atoms with Crippen LogP contribution < -0.4 is 4.74 Å². The van der Waals surface area contributed by atoms with Gasteiger partial charge in [-0.3, -0.25) is 0 Å². The van der Waals surface area contributed by atoms with E-state index in [4.69, 9.17) is 14.9 Å². The Kier molecular flexibility index (Phi) is 4.08. The summed E-state index contributed by atoms with van der Waals surface area (Å²) in [6.07, 6.45) is 0. The van der Waals surface area contributed by atoms with Crippen LogP contribution in [0, 0.1) is 0 Å². The van der Waals surface area contributed by atoms with Gasteiger partial charge in [0.2, 0.25) is 0 Å². The minimum atomic E-state index is -1.49. The highest BCUT2D eigenvalue weighted by molar-refractivity contribution is 6.03. The average Bonchev–Trinajstić information content (AvgIpc) is 2.47. The van der Waals surface area contributed by atoms with E-state index in [-0.39, 0.29) is 17.1 Å². The van der Waals surface area contributed by atoms with Crippen LogP contribution in [0.2, 0.25) is 0 Å².